The lowest BCUT2D eigenvalue weighted by Gasteiger charge is -2.05. The van der Waals surface area contributed by atoms with Crippen LogP contribution in [0.15, 0.2) is 59.1 Å². The van der Waals surface area contributed by atoms with Gasteiger partial charge in [0.25, 0.3) is 0 Å². The molecule has 0 spiro atoms. The molecule has 3 aromatic rings. The molecule has 6 nitrogen and oxygen atoms in total. The summed E-state index contributed by atoms with van der Waals surface area (Å²) >= 11 is 1.78. The fourth-order valence-corrected chi connectivity index (χ4v) is 4.35. The van der Waals surface area contributed by atoms with Crippen molar-refractivity contribution >= 4 is 38.1 Å². The van der Waals surface area contributed by atoms with E-state index < -0.39 is 0 Å². The lowest BCUT2D eigenvalue weighted by Crippen LogP contribution is -1.98. The first-order chi connectivity index (χ1) is 15.5. The summed E-state index contributed by atoms with van der Waals surface area (Å²) in [5.74, 6) is 1.49. The normalized spacial score (nSPS) is 10.7. The van der Waals surface area contributed by atoms with Gasteiger partial charge in [0, 0.05) is 22.8 Å². The molecule has 32 heavy (non-hydrogen) atoms. The number of nitrogens with one attached hydrogen (secondary N) is 2. The zero-order valence-corrected chi connectivity index (χ0v) is 19.6. The third-order valence-corrected chi connectivity index (χ3v) is 6.11. The van der Waals surface area contributed by atoms with Crippen molar-refractivity contribution in [2.24, 2.45) is 0 Å². The van der Waals surface area contributed by atoms with Crippen LogP contribution in [0.4, 0.5) is 0 Å². The Morgan fingerprint density at radius 1 is 1.00 bits per heavy atom. The fraction of sp³-hybridized carbons (Fsp3) is 0.250. The molecule has 0 bridgehead atoms. The number of carbonyl (C=O) groups is 1. The quantitative estimate of drug-likeness (QED) is 0.208. The lowest BCUT2D eigenvalue weighted by atomic mass is 10.1. The van der Waals surface area contributed by atoms with E-state index in [9.17, 15) is 4.79 Å². The smallest absolute Gasteiger partial charge is 0.226 e. The number of unbranched alkanes of at least 4 members (excludes halogenated alkanes) is 2. The summed E-state index contributed by atoms with van der Waals surface area (Å²) in [4.78, 5) is 12.3. The van der Waals surface area contributed by atoms with Crippen LogP contribution in [0.25, 0.3) is 22.6 Å². The van der Waals surface area contributed by atoms with Crippen LogP contribution in [0.2, 0.25) is 0 Å². The second-order valence-corrected chi connectivity index (χ2v) is 9.54. The minimum atomic E-state index is -0.229. The number of thioether (sulfide) groups is 2. The minimum absolute atomic E-state index is 0.0881. The van der Waals surface area contributed by atoms with Crippen molar-refractivity contribution in [1.29, 1.82) is 10.8 Å². The van der Waals surface area contributed by atoms with E-state index in [0.29, 0.717) is 17.0 Å². The number of ether oxygens (including phenoxy) is 1. The predicted octanol–water partition coefficient (Wildman–Crippen LogP) is 7.12. The number of hydrogen-bond acceptors (Lipinski definition) is 8. The number of hydrogen-bond donors (Lipinski definition) is 2. The molecule has 0 unspecified atom stereocenters. The van der Waals surface area contributed by atoms with Gasteiger partial charge in [-0.25, -0.2) is 0 Å². The van der Waals surface area contributed by atoms with Crippen LogP contribution < -0.4 is 4.74 Å². The van der Waals surface area contributed by atoms with E-state index in [2.05, 4.69) is 12.1 Å². The maximum Gasteiger partial charge on any atom is 0.226 e. The second kappa shape index (κ2) is 11.7. The molecule has 0 fully saturated rings. The Labute approximate surface area is 196 Å². The fourth-order valence-electron chi connectivity index (χ4n) is 2.88. The molecule has 2 aromatic carbocycles. The Hall–Kier alpha value is -2.84. The van der Waals surface area contributed by atoms with Crippen LogP contribution in [-0.4, -0.2) is 26.3 Å². The summed E-state index contributed by atoms with van der Waals surface area (Å²) in [5.41, 5.74) is 2.90. The SMILES string of the molecule is CCCCCOc1ccc(-c2cc(-c3ccc(C(=O)SC(=N)SC(C)=N)cc3)no2)cc1. The molecule has 0 amide bonds. The van der Waals surface area contributed by atoms with E-state index in [0.717, 1.165) is 53.4 Å². The molecule has 0 saturated carbocycles. The molecular formula is C24H25N3O3S2. The lowest BCUT2D eigenvalue weighted by molar-refractivity contribution is 0.109. The molecule has 0 aliphatic carbocycles. The van der Waals surface area contributed by atoms with Crippen molar-refractivity contribution in [3.05, 3.63) is 60.2 Å². The first-order valence-corrected chi connectivity index (χ1v) is 11.9. The molecule has 1 heterocycles. The van der Waals surface area contributed by atoms with Gasteiger partial charge in [-0.3, -0.25) is 15.6 Å². The first-order valence-electron chi connectivity index (χ1n) is 10.3. The Balaban J connectivity index is 1.62. The highest BCUT2D eigenvalue weighted by molar-refractivity contribution is 8.49. The van der Waals surface area contributed by atoms with Crippen LogP contribution >= 0.6 is 23.5 Å². The van der Waals surface area contributed by atoms with Gasteiger partial charge in [0.15, 0.2) is 5.76 Å². The molecule has 8 heteroatoms. The maximum absolute atomic E-state index is 12.3. The Bertz CT molecular complexity index is 1080. The van der Waals surface area contributed by atoms with Gasteiger partial charge in [0.2, 0.25) is 5.12 Å². The largest absolute Gasteiger partial charge is 0.494 e. The summed E-state index contributed by atoms with van der Waals surface area (Å²) < 4.78 is 11.3. The zero-order chi connectivity index (χ0) is 22.9. The van der Waals surface area contributed by atoms with Gasteiger partial charge >= 0.3 is 0 Å². The van der Waals surface area contributed by atoms with Gasteiger partial charge < -0.3 is 9.26 Å². The van der Waals surface area contributed by atoms with Gasteiger partial charge in [-0.1, -0.05) is 37.1 Å². The highest BCUT2D eigenvalue weighted by Crippen LogP contribution is 2.28. The molecular weight excluding hydrogens is 442 g/mol. The van der Waals surface area contributed by atoms with Gasteiger partial charge in [-0.15, -0.1) is 0 Å². The van der Waals surface area contributed by atoms with Crippen LogP contribution in [-0.2, 0) is 0 Å². The molecule has 0 saturated heterocycles. The number of carbonyl (C=O) groups excluding carboxylic acids is 1. The monoisotopic (exact) mass is 467 g/mol. The Morgan fingerprint density at radius 2 is 1.69 bits per heavy atom. The van der Waals surface area contributed by atoms with E-state index in [1.165, 1.54) is 12.8 Å². The van der Waals surface area contributed by atoms with Gasteiger partial charge in [-0.2, -0.15) is 0 Å². The Morgan fingerprint density at radius 3 is 2.34 bits per heavy atom. The van der Waals surface area contributed by atoms with Crippen molar-refractivity contribution in [3.63, 3.8) is 0 Å². The molecule has 0 atom stereocenters. The Kier molecular flexibility index (Phi) is 8.70. The standard InChI is InChI=1S/C24H25N3O3S2/c1-3-4-5-14-29-20-12-10-18(11-13-20)22-15-21(27-30-22)17-6-8-19(9-7-17)23(28)32-24(26)31-16(2)25/h6-13,15,25-26H,3-5,14H2,1-2H3. The van der Waals surface area contributed by atoms with Crippen molar-refractivity contribution in [2.45, 2.75) is 33.1 Å². The average Bonchev–Trinajstić information content (AvgIpc) is 3.27. The van der Waals surface area contributed by atoms with Gasteiger partial charge in [0.1, 0.15) is 15.8 Å². The van der Waals surface area contributed by atoms with Crippen molar-refractivity contribution in [2.75, 3.05) is 6.61 Å². The van der Waals surface area contributed by atoms with Gasteiger partial charge in [0.05, 0.1) is 11.7 Å². The summed E-state index contributed by atoms with van der Waals surface area (Å²) in [6, 6.07) is 16.6. The van der Waals surface area contributed by atoms with Crippen LogP contribution in [0.1, 0.15) is 43.5 Å². The number of nitrogens with zero attached hydrogens (tertiary/aromatic N) is 1. The minimum Gasteiger partial charge on any atom is -0.494 e. The van der Waals surface area contributed by atoms with Gasteiger partial charge in [-0.05, 0) is 73.3 Å². The predicted molar refractivity (Wildman–Crippen MR) is 133 cm³/mol. The van der Waals surface area contributed by atoms with Crippen molar-refractivity contribution in [1.82, 2.24) is 5.16 Å². The summed E-state index contributed by atoms with van der Waals surface area (Å²) in [6.07, 6.45) is 3.39. The summed E-state index contributed by atoms with van der Waals surface area (Å²) in [5, 5.41) is 19.3. The average molecular weight is 468 g/mol. The van der Waals surface area contributed by atoms with E-state index in [1.54, 1.807) is 31.2 Å². The highest BCUT2D eigenvalue weighted by Gasteiger charge is 2.13. The molecule has 166 valence electrons. The molecule has 1 aromatic heterocycles. The van der Waals surface area contributed by atoms with E-state index >= 15 is 0 Å². The molecule has 2 N–H and O–H groups in total. The molecule has 0 aliphatic rings. The van der Waals surface area contributed by atoms with E-state index in [-0.39, 0.29) is 14.5 Å². The summed E-state index contributed by atoms with van der Waals surface area (Å²) in [6.45, 7) is 4.48. The van der Waals surface area contributed by atoms with Crippen molar-refractivity contribution < 1.29 is 14.1 Å². The highest BCUT2D eigenvalue weighted by atomic mass is 32.2. The first kappa shape index (κ1) is 23.8. The van der Waals surface area contributed by atoms with Crippen LogP contribution in [0.5, 0.6) is 5.75 Å². The maximum atomic E-state index is 12.3. The number of aromatic nitrogens is 1. The topological polar surface area (TPSA) is 100 Å². The zero-order valence-electron chi connectivity index (χ0n) is 18.0. The molecule has 0 aliphatic heterocycles. The van der Waals surface area contributed by atoms with Crippen LogP contribution in [0.3, 0.4) is 0 Å². The molecule has 3 rings (SSSR count). The third-order valence-electron chi connectivity index (χ3n) is 4.51. The van der Waals surface area contributed by atoms with E-state index in [1.807, 2.05) is 30.3 Å². The van der Waals surface area contributed by atoms with Crippen LogP contribution in [0, 0.1) is 10.8 Å². The second-order valence-electron chi connectivity index (χ2n) is 7.07. The molecule has 0 radical (unpaired) electrons. The number of benzene rings is 2. The van der Waals surface area contributed by atoms with E-state index in [4.69, 9.17) is 20.1 Å². The third kappa shape index (κ3) is 6.83. The number of rotatable bonds is 8. The van der Waals surface area contributed by atoms with Crippen molar-refractivity contribution in [3.8, 4) is 28.3 Å². The summed E-state index contributed by atoms with van der Waals surface area (Å²) in [7, 11) is 0.